The smallest absolute Gasteiger partial charge is 0.463 e. The number of allylic oxidation sites excluding steroid dienone is 2. The molecule has 13 heteroatoms. The van der Waals surface area contributed by atoms with Crippen LogP contribution in [0, 0.1) is 0 Å². The highest BCUT2D eigenvalue weighted by atomic mass is 31.2. The molecule has 1 fully saturated rings. The van der Waals surface area contributed by atoms with Crippen LogP contribution in [0.3, 0.4) is 0 Å². The Kier molecular flexibility index (Phi) is 18.6. The van der Waals surface area contributed by atoms with Crippen molar-refractivity contribution in [3.8, 4) is 0 Å². The van der Waals surface area contributed by atoms with Gasteiger partial charge in [0.1, 0.15) is 49.3 Å². The number of carbonyl (C=O) groups is 1. The number of phosphoric ester groups is 1. The van der Waals surface area contributed by atoms with Gasteiger partial charge in [0.2, 0.25) is 0 Å². The first-order valence-corrected chi connectivity index (χ1v) is 15.5. The lowest BCUT2D eigenvalue weighted by Crippen LogP contribution is -2.64. The molecule has 0 saturated heterocycles. The minimum atomic E-state index is -4.98. The second-order valence-electron chi connectivity index (χ2n) is 10.1. The Morgan fingerprint density at radius 2 is 1.26 bits per heavy atom. The van der Waals surface area contributed by atoms with E-state index in [1.807, 2.05) is 0 Å². The second kappa shape index (κ2) is 20.0. The predicted octanol–water partition coefficient (Wildman–Crippen LogP) is 1.86. The van der Waals surface area contributed by atoms with E-state index >= 15 is 0 Å². The maximum atomic E-state index is 12.1. The number of aliphatic hydroxyl groups excluding tert-OH is 6. The Morgan fingerprint density at radius 3 is 1.82 bits per heavy atom. The summed E-state index contributed by atoms with van der Waals surface area (Å²) >= 11 is 0. The average molecular weight is 585 g/mol. The lowest BCUT2D eigenvalue weighted by atomic mass is 9.85. The molecule has 0 aromatic carbocycles. The number of ether oxygens (including phenoxy) is 1. The summed E-state index contributed by atoms with van der Waals surface area (Å²) in [6, 6.07) is 0. The van der Waals surface area contributed by atoms with E-state index in [-0.39, 0.29) is 6.42 Å². The lowest BCUT2D eigenvalue weighted by molar-refractivity contribution is -0.220. The van der Waals surface area contributed by atoms with Gasteiger partial charge in [-0.1, -0.05) is 64.0 Å². The summed E-state index contributed by atoms with van der Waals surface area (Å²) in [5.74, 6) is -0.519. The number of carbonyl (C=O) groups excluding carboxylic acids is 1. The van der Waals surface area contributed by atoms with Crippen LogP contribution in [0.25, 0.3) is 0 Å². The summed E-state index contributed by atoms with van der Waals surface area (Å²) in [6.45, 7) is 0.954. The molecule has 7 N–H and O–H groups in total. The molecule has 1 rings (SSSR count). The predicted molar refractivity (Wildman–Crippen MR) is 142 cm³/mol. The van der Waals surface area contributed by atoms with Crippen LogP contribution in [-0.2, 0) is 23.1 Å². The Labute approximate surface area is 231 Å². The normalized spacial score (nSPS) is 27.9. The molecule has 0 aliphatic heterocycles. The monoisotopic (exact) mass is 584 g/mol. The molecule has 8 atom stereocenters. The highest BCUT2D eigenvalue weighted by Crippen LogP contribution is 2.47. The second-order valence-corrected chi connectivity index (χ2v) is 11.5. The van der Waals surface area contributed by atoms with E-state index in [9.17, 15) is 44.9 Å². The summed E-state index contributed by atoms with van der Waals surface area (Å²) in [5, 5.41) is 58.5. The zero-order valence-corrected chi connectivity index (χ0v) is 23.8. The van der Waals surface area contributed by atoms with Crippen molar-refractivity contribution in [3.05, 3.63) is 12.2 Å². The number of hydrogen-bond acceptors (Lipinski definition) is 11. The third-order valence-electron chi connectivity index (χ3n) is 6.59. The summed E-state index contributed by atoms with van der Waals surface area (Å²) in [6.07, 6.45) is 4.91. The molecule has 230 valence electrons. The van der Waals surface area contributed by atoms with E-state index in [1.165, 1.54) is 32.1 Å². The fourth-order valence-corrected chi connectivity index (χ4v) is 5.14. The van der Waals surface area contributed by atoms with Crippen molar-refractivity contribution in [2.24, 2.45) is 0 Å². The van der Waals surface area contributed by atoms with Crippen molar-refractivity contribution in [3.63, 3.8) is 0 Å². The van der Waals surface area contributed by atoms with Gasteiger partial charge in [-0.25, -0.2) is 4.57 Å². The first-order valence-electron chi connectivity index (χ1n) is 14.0. The van der Waals surface area contributed by atoms with Crippen molar-refractivity contribution in [1.29, 1.82) is 0 Å². The number of rotatable bonds is 21. The van der Waals surface area contributed by atoms with E-state index < -0.39 is 69.7 Å². The molecular weight excluding hydrogens is 535 g/mol. The van der Waals surface area contributed by atoms with Crippen LogP contribution in [0.1, 0.15) is 90.4 Å². The molecule has 12 nitrogen and oxygen atoms in total. The number of phosphoric acid groups is 1. The molecule has 0 amide bonds. The van der Waals surface area contributed by atoms with Gasteiger partial charge in [0.15, 0.2) is 0 Å². The maximum absolute atomic E-state index is 12.1. The van der Waals surface area contributed by atoms with Crippen LogP contribution in [0.15, 0.2) is 12.2 Å². The zero-order chi connectivity index (χ0) is 29.3. The molecule has 0 aromatic rings. The van der Waals surface area contributed by atoms with Gasteiger partial charge >= 0.3 is 13.8 Å². The van der Waals surface area contributed by atoms with Gasteiger partial charge in [0.05, 0.1) is 6.61 Å². The van der Waals surface area contributed by atoms with Crippen molar-refractivity contribution in [1.82, 2.24) is 0 Å². The Balaban J connectivity index is 2.11. The van der Waals surface area contributed by atoms with Crippen LogP contribution < -0.4 is 0 Å². The summed E-state index contributed by atoms with van der Waals surface area (Å²) < 4.78 is 26.3. The van der Waals surface area contributed by atoms with Gasteiger partial charge in [-0.05, 0) is 32.1 Å². The van der Waals surface area contributed by atoms with E-state index in [0.29, 0.717) is 6.42 Å². The highest BCUT2D eigenvalue weighted by molar-refractivity contribution is 7.47. The quantitative estimate of drug-likeness (QED) is 0.0447. The molecule has 0 bridgehead atoms. The largest absolute Gasteiger partial charge is 0.472 e. The van der Waals surface area contributed by atoms with Crippen LogP contribution in [-0.4, -0.2) is 97.4 Å². The summed E-state index contributed by atoms with van der Waals surface area (Å²) in [7, 11) is -4.98. The third-order valence-corrected chi connectivity index (χ3v) is 7.57. The first kappa shape index (κ1) is 36.1. The van der Waals surface area contributed by atoms with Crippen molar-refractivity contribution >= 4 is 13.8 Å². The van der Waals surface area contributed by atoms with Gasteiger partial charge < -0.3 is 40.3 Å². The van der Waals surface area contributed by atoms with Crippen LogP contribution >= 0.6 is 7.82 Å². The third kappa shape index (κ3) is 15.0. The van der Waals surface area contributed by atoms with Gasteiger partial charge in [0.25, 0.3) is 0 Å². The summed E-state index contributed by atoms with van der Waals surface area (Å²) in [4.78, 5) is 21.7. The fraction of sp³-hybridized carbons (Fsp3) is 0.885. The minimum absolute atomic E-state index is 0.182. The first-order chi connectivity index (χ1) is 18.5. The van der Waals surface area contributed by atoms with Crippen LogP contribution in [0.4, 0.5) is 0 Å². The van der Waals surface area contributed by atoms with Crippen LogP contribution in [0.5, 0.6) is 0 Å². The van der Waals surface area contributed by atoms with Crippen molar-refractivity contribution in [2.45, 2.75) is 133 Å². The van der Waals surface area contributed by atoms with E-state index in [2.05, 4.69) is 28.1 Å². The summed E-state index contributed by atoms with van der Waals surface area (Å²) in [5.41, 5.74) is 0. The van der Waals surface area contributed by atoms with Gasteiger partial charge in [-0.2, -0.15) is 0 Å². The zero-order valence-electron chi connectivity index (χ0n) is 22.9. The number of unbranched alkanes of at least 4 members (excludes halogenated alkanes) is 10. The van der Waals surface area contributed by atoms with E-state index in [4.69, 9.17) is 4.74 Å². The highest BCUT2D eigenvalue weighted by Gasteiger charge is 2.51. The number of esters is 1. The van der Waals surface area contributed by atoms with Gasteiger partial charge in [0, 0.05) is 6.42 Å². The van der Waals surface area contributed by atoms with Gasteiger partial charge in [-0.3, -0.25) is 13.8 Å². The average Bonchev–Trinajstić information content (AvgIpc) is 2.91. The number of aliphatic hydroxyl groups is 6. The van der Waals surface area contributed by atoms with E-state index in [0.717, 1.165) is 38.5 Å². The molecule has 39 heavy (non-hydrogen) atoms. The molecule has 0 spiro atoms. The topological polar surface area (TPSA) is 203 Å². The molecule has 0 heterocycles. The molecule has 0 aromatic heterocycles. The van der Waals surface area contributed by atoms with Gasteiger partial charge in [-0.15, -0.1) is 0 Å². The van der Waals surface area contributed by atoms with E-state index in [1.54, 1.807) is 0 Å². The molecule has 1 saturated carbocycles. The Morgan fingerprint density at radius 1 is 0.769 bits per heavy atom. The van der Waals surface area contributed by atoms with Crippen LogP contribution in [0.2, 0.25) is 0 Å². The SMILES string of the molecule is CCCCCCC/C=C\CCCCCCCC(=O)OC[C@@H](O)COP(=O)(O)OC1C(O)C(O)C(O)[C@@H](O)C1O. The fourth-order valence-electron chi connectivity index (χ4n) is 4.16. The Bertz CT molecular complexity index is 720. The van der Waals surface area contributed by atoms with Crippen molar-refractivity contribution in [2.75, 3.05) is 13.2 Å². The Hall–Kier alpha value is -0.920. The molecule has 1 aliphatic carbocycles. The molecule has 6 unspecified atom stereocenters. The standard InChI is InChI=1S/C26H49O12P/c1-2-3-4-5-6-7-8-9-10-11-12-13-14-15-16-20(28)36-17-19(27)18-37-39(34,35)38-26-24(32)22(30)21(29)23(31)25(26)33/h8-9,19,21-27,29-33H,2-7,10-18H2,1H3,(H,34,35)/b9-8-/t19-,21?,22-,23?,24?,25?,26?/m1/s1. The minimum Gasteiger partial charge on any atom is -0.463 e. The number of hydrogen-bond donors (Lipinski definition) is 7. The molecular formula is C26H49O12P. The lowest BCUT2D eigenvalue weighted by Gasteiger charge is -2.41. The maximum Gasteiger partial charge on any atom is 0.472 e. The van der Waals surface area contributed by atoms with Crippen molar-refractivity contribution < 1.29 is 58.7 Å². The molecule has 1 aliphatic rings. The molecule has 0 radical (unpaired) electrons.